The Morgan fingerprint density at radius 1 is 0.973 bits per heavy atom. The van der Waals surface area contributed by atoms with Crippen LogP contribution in [0.2, 0.25) is 5.02 Å². The minimum atomic E-state index is -4.54. The number of benzene rings is 3. The molecule has 0 spiro atoms. The number of nitrogens with one attached hydrogen (secondary N) is 2. The van der Waals surface area contributed by atoms with Gasteiger partial charge in [-0.1, -0.05) is 29.8 Å². The summed E-state index contributed by atoms with van der Waals surface area (Å²) in [6.07, 6.45) is -4.54. The molecule has 0 saturated heterocycles. The first-order valence-corrected chi connectivity index (χ1v) is 12.3. The molecule has 3 aromatic carbocycles. The fraction of sp³-hybridized carbons (Fsp3) is 0.167. The van der Waals surface area contributed by atoms with Crippen LogP contribution in [0.1, 0.15) is 15.9 Å². The summed E-state index contributed by atoms with van der Waals surface area (Å²) in [5, 5.41) is 5.14. The van der Waals surface area contributed by atoms with Gasteiger partial charge < -0.3 is 15.4 Å². The quantitative estimate of drug-likeness (QED) is 0.373. The summed E-state index contributed by atoms with van der Waals surface area (Å²) in [6.45, 7) is -0.713. The van der Waals surface area contributed by atoms with Crippen molar-refractivity contribution in [1.82, 2.24) is 4.31 Å². The van der Waals surface area contributed by atoms with Crippen molar-refractivity contribution in [2.75, 3.05) is 31.3 Å². The molecule has 0 unspecified atom stereocenters. The summed E-state index contributed by atoms with van der Waals surface area (Å²) < 4.78 is 69.8. The largest absolute Gasteiger partial charge is 0.452 e. The maximum absolute atomic E-state index is 13.0. The van der Waals surface area contributed by atoms with E-state index in [4.69, 9.17) is 16.3 Å². The van der Waals surface area contributed by atoms with E-state index in [9.17, 15) is 31.2 Å². The molecule has 2 N–H and O–H groups in total. The van der Waals surface area contributed by atoms with E-state index in [0.29, 0.717) is 0 Å². The van der Waals surface area contributed by atoms with Crippen LogP contribution in [0, 0.1) is 0 Å². The number of ether oxygens (including phenoxy) is 1. The Kier molecular flexibility index (Phi) is 8.46. The fourth-order valence-electron chi connectivity index (χ4n) is 3.08. The van der Waals surface area contributed by atoms with Gasteiger partial charge in [-0.25, -0.2) is 17.5 Å². The first kappa shape index (κ1) is 28.0. The Hall–Kier alpha value is -3.61. The number of para-hydroxylation sites is 1. The van der Waals surface area contributed by atoms with Crippen LogP contribution < -0.4 is 10.6 Å². The highest BCUT2D eigenvalue weighted by Gasteiger charge is 2.30. The van der Waals surface area contributed by atoms with Crippen molar-refractivity contribution < 1.29 is 35.9 Å². The lowest BCUT2D eigenvalue weighted by Crippen LogP contribution is -2.23. The van der Waals surface area contributed by atoms with Crippen LogP contribution in [0.4, 0.5) is 30.2 Å². The number of hydrogen-bond donors (Lipinski definition) is 2. The van der Waals surface area contributed by atoms with Gasteiger partial charge in [0.2, 0.25) is 10.0 Å². The molecule has 0 saturated carbocycles. The van der Waals surface area contributed by atoms with Gasteiger partial charge >= 0.3 is 12.1 Å². The van der Waals surface area contributed by atoms with Crippen molar-refractivity contribution in [3.05, 3.63) is 82.9 Å². The number of esters is 1. The summed E-state index contributed by atoms with van der Waals surface area (Å²) in [5.41, 5.74) is -0.503. The van der Waals surface area contributed by atoms with Crippen molar-refractivity contribution in [2.24, 2.45) is 0 Å². The molecule has 0 aromatic heterocycles. The monoisotopic (exact) mass is 555 g/mol. The molecule has 37 heavy (non-hydrogen) atoms. The number of rotatable bonds is 8. The van der Waals surface area contributed by atoms with Crippen LogP contribution in [-0.2, 0) is 25.7 Å². The van der Waals surface area contributed by atoms with E-state index in [1.54, 1.807) is 6.07 Å². The van der Waals surface area contributed by atoms with E-state index < -0.39 is 40.2 Å². The SMILES string of the molecule is CN(C)S(=O)(=O)c1cc(NC(=O)COC(=O)c2ccccc2Nc2cccc(C(F)(F)F)c2)ccc1Cl. The molecule has 0 bridgehead atoms. The van der Waals surface area contributed by atoms with Crippen LogP contribution in [-0.4, -0.2) is 45.3 Å². The second kappa shape index (κ2) is 11.2. The summed E-state index contributed by atoms with van der Waals surface area (Å²) in [4.78, 5) is 24.7. The smallest absolute Gasteiger partial charge is 0.416 e. The summed E-state index contributed by atoms with van der Waals surface area (Å²) >= 11 is 5.99. The van der Waals surface area contributed by atoms with Crippen molar-refractivity contribution in [2.45, 2.75) is 11.1 Å². The van der Waals surface area contributed by atoms with E-state index >= 15 is 0 Å². The Morgan fingerprint density at radius 2 is 1.68 bits per heavy atom. The normalized spacial score (nSPS) is 11.8. The Labute approximate surface area is 216 Å². The first-order valence-electron chi connectivity index (χ1n) is 10.5. The van der Waals surface area contributed by atoms with Crippen LogP contribution in [0.5, 0.6) is 0 Å². The van der Waals surface area contributed by atoms with Gasteiger partial charge in [-0.2, -0.15) is 13.2 Å². The summed E-state index contributed by atoms with van der Waals surface area (Å²) in [5.74, 6) is -1.66. The summed E-state index contributed by atoms with van der Waals surface area (Å²) in [6, 6.07) is 14.2. The molecule has 3 aromatic rings. The second-order valence-electron chi connectivity index (χ2n) is 7.81. The third-order valence-corrected chi connectivity index (χ3v) is 7.22. The van der Waals surface area contributed by atoms with Crippen LogP contribution in [0.3, 0.4) is 0 Å². The molecule has 0 fully saturated rings. The minimum absolute atomic E-state index is 0.0152. The van der Waals surface area contributed by atoms with E-state index in [1.807, 2.05) is 0 Å². The van der Waals surface area contributed by atoms with Gasteiger partial charge in [-0.3, -0.25) is 4.79 Å². The van der Waals surface area contributed by atoms with Crippen LogP contribution in [0.25, 0.3) is 0 Å². The maximum atomic E-state index is 13.0. The Morgan fingerprint density at radius 3 is 2.35 bits per heavy atom. The Bertz CT molecular complexity index is 1430. The molecule has 0 aliphatic rings. The predicted molar refractivity (Wildman–Crippen MR) is 132 cm³/mol. The van der Waals surface area contributed by atoms with E-state index in [0.717, 1.165) is 16.4 Å². The zero-order chi connectivity index (χ0) is 27.4. The zero-order valence-electron chi connectivity index (χ0n) is 19.5. The van der Waals surface area contributed by atoms with Gasteiger partial charge in [0.05, 0.1) is 21.8 Å². The highest BCUT2D eigenvalue weighted by atomic mass is 35.5. The lowest BCUT2D eigenvalue weighted by Gasteiger charge is -2.15. The van der Waals surface area contributed by atoms with Crippen molar-refractivity contribution >= 4 is 50.6 Å². The molecule has 0 aliphatic heterocycles. The Balaban J connectivity index is 1.69. The maximum Gasteiger partial charge on any atom is 0.416 e. The molecule has 0 heterocycles. The highest BCUT2D eigenvalue weighted by Crippen LogP contribution is 2.32. The predicted octanol–water partition coefficient (Wildman–Crippen LogP) is 5.15. The number of amides is 1. The van der Waals surface area contributed by atoms with Gasteiger partial charge in [0.15, 0.2) is 6.61 Å². The molecular weight excluding hydrogens is 535 g/mol. The molecular formula is C24H21ClF3N3O5S. The van der Waals surface area contributed by atoms with Gasteiger partial charge in [-0.05, 0) is 48.5 Å². The highest BCUT2D eigenvalue weighted by molar-refractivity contribution is 7.89. The van der Waals surface area contributed by atoms with E-state index in [2.05, 4.69) is 10.6 Å². The fourth-order valence-corrected chi connectivity index (χ4v) is 4.47. The van der Waals surface area contributed by atoms with Gasteiger partial charge in [-0.15, -0.1) is 0 Å². The number of sulfonamides is 1. The number of carbonyl (C=O) groups is 2. The average molecular weight is 556 g/mol. The van der Waals surface area contributed by atoms with Crippen molar-refractivity contribution in [3.63, 3.8) is 0 Å². The van der Waals surface area contributed by atoms with Crippen molar-refractivity contribution in [1.29, 1.82) is 0 Å². The topological polar surface area (TPSA) is 105 Å². The molecule has 13 heteroatoms. The molecule has 3 rings (SSSR count). The number of carbonyl (C=O) groups excluding carboxylic acids is 2. The van der Waals surface area contributed by atoms with Gasteiger partial charge in [0, 0.05) is 25.5 Å². The van der Waals surface area contributed by atoms with E-state index in [-0.39, 0.29) is 32.5 Å². The first-order chi connectivity index (χ1) is 17.3. The summed E-state index contributed by atoms with van der Waals surface area (Å²) in [7, 11) is -1.21. The van der Waals surface area contributed by atoms with Gasteiger partial charge in [0.25, 0.3) is 5.91 Å². The molecule has 8 nitrogen and oxygen atoms in total. The molecule has 1 amide bonds. The number of anilines is 3. The average Bonchev–Trinajstić information content (AvgIpc) is 2.83. The van der Waals surface area contributed by atoms with Crippen molar-refractivity contribution in [3.8, 4) is 0 Å². The number of nitrogens with zero attached hydrogens (tertiary/aromatic N) is 1. The molecule has 0 radical (unpaired) electrons. The number of halogens is 4. The molecule has 196 valence electrons. The number of alkyl halides is 3. The molecule has 0 atom stereocenters. The zero-order valence-corrected chi connectivity index (χ0v) is 21.0. The second-order valence-corrected chi connectivity index (χ2v) is 10.3. The van der Waals surface area contributed by atoms with Crippen LogP contribution >= 0.6 is 11.6 Å². The standard InChI is InChI=1S/C24H21ClF3N3O5S/c1-31(2)37(34,35)21-13-17(10-11-19(21)25)30-22(32)14-36-23(33)18-8-3-4-9-20(18)29-16-7-5-6-15(12-16)24(26,27)28/h3-13,29H,14H2,1-2H3,(H,30,32). The van der Waals surface area contributed by atoms with Gasteiger partial charge in [0.1, 0.15) is 4.90 Å². The number of hydrogen-bond acceptors (Lipinski definition) is 6. The van der Waals surface area contributed by atoms with E-state index in [1.165, 1.54) is 62.6 Å². The lowest BCUT2D eigenvalue weighted by molar-refractivity contribution is -0.137. The molecule has 0 aliphatic carbocycles. The third-order valence-electron chi connectivity index (χ3n) is 4.92. The van der Waals surface area contributed by atoms with Crippen LogP contribution in [0.15, 0.2) is 71.6 Å². The lowest BCUT2D eigenvalue weighted by atomic mass is 10.1. The third kappa shape index (κ3) is 7.00. The minimum Gasteiger partial charge on any atom is -0.452 e.